The third-order valence-electron chi connectivity index (χ3n) is 3.34. The van der Waals surface area contributed by atoms with E-state index in [1.54, 1.807) is 18.2 Å². The second-order valence-corrected chi connectivity index (χ2v) is 7.32. The van der Waals surface area contributed by atoms with Crippen molar-refractivity contribution in [1.82, 2.24) is 9.62 Å². The summed E-state index contributed by atoms with van der Waals surface area (Å²) >= 11 is 0. The van der Waals surface area contributed by atoms with Crippen LogP contribution in [0.5, 0.6) is 0 Å². The van der Waals surface area contributed by atoms with Crippen molar-refractivity contribution in [2.75, 3.05) is 14.1 Å². The Hall–Kier alpha value is -2.32. The van der Waals surface area contributed by atoms with E-state index in [-0.39, 0.29) is 11.4 Å². The fraction of sp³-hybridized carbons (Fsp3) is 0.188. The topological polar surface area (TPSA) is 66.5 Å². The van der Waals surface area contributed by atoms with E-state index in [2.05, 4.69) is 5.32 Å². The summed E-state index contributed by atoms with van der Waals surface area (Å²) < 4.78 is 52.3. The van der Waals surface area contributed by atoms with E-state index in [1.165, 1.54) is 20.2 Å². The van der Waals surface area contributed by atoms with Crippen LogP contribution in [-0.4, -0.2) is 32.7 Å². The van der Waals surface area contributed by atoms with Crippen LogP contribution in [0.15, 0.2) is 47.4 Å². The number of nitrogens with zero attached hydrogens (tertiary/aromatic N) is 1. The van der Waals surface area contributed by atoms with Crippen molar-refractivity contribution in [2.45, 2.75) is 11.4 Å². The summed E-state index contributed by atoms with van der Waals surface area (Å²) in [6, 6.07) is 8.69. The zero-order valence-electron chi connectivity index (χ0n) is 13.1. The van der Waals surface area contributed by atoms with E-state index in [9.17, 15) is 22.0 Å². The minimum Gasteiger partial charge on any atom is -0.348 e. The number of rotatable bonds is 5. The van der Waals surface area contributed by atoms with Crippen LogP contribution in [0.4, 0.5) is 8.78 Å². The summed E-state index contributed by atoms with van der Waals surface area (Å²) in [5.41, 5.74) is -0.0979. The molecular formula is C16H16F2N2O3S. The van der Waals surface area contributed by atoms with E-state index < -0.39 is 33.1 Å². The van der Waals surface area contributed by atoms with Gasteiger partial charge in [-0.2, -0.15) is 0 Å². The number of sulfonamides is 1. The number of hydrogen-bond acceptors (Lipinski definition) is 3. The van der Waals surface area contributed by atoms with E-state index in [1.807, 2.05) is 0 Å². The summed E-state index contributed by atoms with van der Waals surface area (Å²) in [4.78, 5) is 12.0. The van der Waals surface area contributed by atoms with Gasteiger partial charge in [0, 0.05) is 20.6 Å². The highest BCUT2D eigenvalue weighted by molar-refractivity contribution is 7.89. The Bertz CT molecular complexity index is 867. The number of hydrogen-bond donors (Lipinski definition) is 1. The lowest BCUT2D eigenvalue weighted by molar-refractivity contribution is 0.0946. The predicted molar refractivity (Wildman–Crippen MR) is 84.8 cm³/mol. The number of carbonyl (C=O) groups is 1. The van der Waals surface area contributed by atoms with E-state index in [0.717, 1.165) is 22.5 Å². The summed E-state index contributed by atoms with van der Waals surface area (Å²) in [7, 11) is -0.896. The van der Waals surface area contributed by atoms with E-state index in [4.69, 9.17) is 0 Å². The maximum Gasteiger partial charge on any atom is 0.254 e. The van der Waals surface area contributed by atoms with Crippen molar-refractivity contribution in [3.8, 4) is 0 Å². The normalized spacial score (nSPS) is 11.5. The van der Waals surface area contributed by atoms with Crippen LogP contribution in [0.3, 0.4) is 0 Å². The number of nitrogens with one attached hydrogen (secondary N) is 1. The fourth-order valence-corrected chi connectivity index (χ4v) is 3.16. The molecule has 0 atom stereocenters. The molecule has 0 bridgehead atoms. The van der Waals surface area contributed by atoms with Gasteiger partial charge in [0.2, 0.25) is 10.0 Å². The first-order valence-corrected chi connectivity index (χ1v) is 8.41. The van der Waals surface area contributed by atoms with Crippen molar-refractivity contribution in [2.24, 2.45) is 0 Å². The van der Waals surface area contributed by atoms with Gasteiger partial charge in [0.25, 0.3) is 5.91 Å². The van der Waals surface area contributed by atoms with Crippen molar-refractivity contribution >= 4 is 15.9 Å². The van der Waals surface area contributed by atoms with Gasteiger partial charge in [-0.25, -0.2) is 21.5 Å². The molecule has 0 unspecified atom stereocenters. The number of benzene rings is 2. The predicted octanol–water partition coefficient (Wildman–Crippen LogP) is 2.15. The summed E-state index contributed by atoms with van der Waals surface area (Å²) in [6.45, 7) is -0.141. The SMILES string of the molecule is CN(C)S(=O)(=O)c1ccccc1CNC(=O)c1cc(F)ccc1F. The molecule has 0 spiro atoms. The molecule has 24 heavy (non-hydrogen) atoms. The summed E-state index contributed by atoms with van der Waals surface area (Å²) in [5, 5.41) is 2.41. The van der Waals surface area contributed by atoms with Gasteiger partial charge in [-0.3, -0.25) is 4.79 Å². The Balaban J connectivity index is 2.24. The highest BCUT2D eigenvalue weighted by Crippen LogP contribution is 2.18. The Kier molecular flexibility index (Phi) is 5.30. The van der Waals surface area contributed by atoms with Gasteiger partial charge >= 0.3 is 0 Å². The van der Waals surface area contributed by atoms with Gasteiger partial charge in [0.15, 0.2) is 0 Å². The van der Waals surface area contributed by atoms with Crippen molar-refractivity contribution < 1.29 is 22.0 Å². The largest absolute Gasteiger partial charge is 0.348 e. The van der Waals surface area contributed by atoms with Gasteiger partial charge in [-0.15, -0.1) is 0 Å². The average Bonchev–Trinajstić information content (AvgIpc) is 2.55. The molecule has 0 aliphatic rings. The highest BCUT2D eigenvalue weighted by Gasteiger charge is 2.21. The van der Waals surface area contributed by atoms with Crippen LogP contribution >= 0.6 is 0 Å². The van der Waals surface area contributed by atoms with Gasteiger partial charge in [0.05, 0.1) is 10.5 Å². The third kappa shape index (κ3) is 3.77. The molecule has 1 amide bonds. The smallest absolute Gasteiger partial charge is 0.254 e. The zero-order valence-corrected chi connectivity index (χ0v) is 13.9. The Morgan fingerprint density at radius 1 is 1.12 bits per heavy atom. The van der Waals surface area contributed by atoms with Crippen LogP contribution in [-0.2, 0) is 16.6 Å². The quantitative estimate of drug-likeness (QED) is 0.895. The van der Waals surface area contributed by atoms with Crippen LogP contribution in [0.25, 0.3) is 0 Å². The fourth-order valence-electron chi connectivity index (χ4n) is 2.04. The van der Waals surface area contributed by atoms with Crippen molar-refractivity contribution in [3.63, 3.8) is 0 Å². The molecule has 2 aromatic carbocycles. The number of carbonyl (C=O) groups excluding carboxylic acids is 1. The minimum atomic E-state index is -3.69. The molecule has 2 rings (SSSR count). The standard InChI is InChI=1S/C16H16F2N2O3S/c1-20(2)24(22,23)15-6-4-3-5-11(15)10-19-16(21)13-9-12(17)7-8-14(13)18/h3-9H,10H2,1-2H3,(H,19,21). The maximum atomic E-state index is 13.6. The first kappa shape index (κ1) is 18.0. The average molecular weight is 354 g/mol. The number of amides is 1. The molecule has 2 aromatic rings. The molecule has 128 valence electrons. The van der Waals surface area contributed by atoms with Crippen LogP contribution in [0.1, 0.15) is 15.9 Å². The molecule has 8 heteroatoms. The lowest BCUT2D eigenvalue weighted by atomic mass is 10.1. The van der Waals surface area contributed by atoms with E-state index in [0.29, 0.717) is 5.56 Å². The molecule has 0 saturated carbocycles. The summed E-state index contributed by atoms with van der Waals surface area (Å²) in [5.74, 6) is -2.43. The second-order valence-electron chi connectivity index (χ2n) is 5.20. The second kappa shape index (κ2) is 7.06. The summed E-state index contributed by atoms with van der Waals surface area (Å²) in [6.07, 6.45) is 0. The minimum absolute atomic E-state index is 0.0371. The first-order valence-electron chi connectivity index (χ1n) is 6.97. The van der Waals surface area contributed by atoms with Gasteiger partial charge in [-0.05, 0) is 29.8 Å². The lowest BCUT2D eigenvalue weighted by Crippen LogP contribution is -2.27. The highest BCUT2D eigenvalue weighted by atomic mass is 32.2. The molecule has 0 saturated heterocycles. The molecule has 5 nitrogen and oxygen atoms in total. The van der Waals surface area contributed by atoms with Crippen molar-refractivity contribution in [1.29, 1.82) is 0 Å². The molecule has 0 radical (unpaired) electrons. The van der Waals surface area contributed by atoms with Crippen molar-refractivity contribution in [3.05, 3.63) is 65.2 Å². The van der Waals surface area contributed by atoms with Crippen LogP contribution < -0.4 is 5.32 Å². The Morgan fingerprint density at radius 3 is 2.46 bits per heavy atom. The van der Waals surface area contributed by atoms with Gasteiger partial charge in [0.1, 0.15) is 11.6 Å². The zero-order chi connectivity index (χ0) is 17.9. The van der Waals surface area contributed by atoms with Gasteiger partial charge in [-0.1, -0.05) is 18.2 Å². The maximum absolute atomic E-state index is 13.6. The molecule has 0 aliphatic carbocycles. The molecule has 1 N–H and O–H groups in total. The van der Waals surface area contributed by atoms with Crippen LogP contribution in [0, 0.1) is 11.6 Å². The molecule has 0 aliphatic heterocycles. The third-order valence-corrected chi connectivity index (χ3v) is 5.26. The molecule has 0 aromatic heterocycles. The number of halogens is 2. The Morgan fingerprint density at radius 2 is 1.79 bits per heavy atom. The molecule has 0 fully saturated rings. The van der Waals surface area contributed by atoms with Crippen LogP contribution in [0.2, 0.25) is 0 Å². The van der Waals surface area contributed by atoms with E-state index >= 15 is 0 Å². The first-order chi connectivity index (χ1) is 11.2. The lowest BCUT2D eigenvalue weighted by Gasteiger charge is -2.15. The molecule has 0 heterocycles. The monoisotopic (exact) mass is 354 g/mol. The van der Waals surface area contributed by atoms with Gasteiger partial charge < -0.3 is 5.32 Å². The Labute approximate surface area is 139 Å². The molecular weight excluding hydrogens is 338 g/mol.